The fourth-order valence-corrected chi connectivity index (χ4v) is 7.23. The van der Waals surface area contributed by atoms with Crippen LogP contribution in [-0.4, -0.2) is 64.1 Å². The molecule has 0 aromatic carbocycles. The maximum atomic E-state index is 12.5. The lowest BCUT2D eigenvalue weighted by atomic mass is 10.0. The van der Waals surface area contributed by atoms with Gasteiger partial charge in [0.05, 0.1) is 34.0 Å². The molecule has 8 nitrogen and oxygen atoms in total. The van der Waals surface area contributed by atoms with E-state index in [-0.39, 0.29) is 25.8 Å². The topological polar surface area (TPSA) is 94.1 Å². The van der Waals surface area contributed by atoms with Gasteiger partial charge in [-0.1, -0.05) is 179 Å². The second kappa shape index (κ2) is 41.3. The van der Waals surface area contributed by atoms with Crippen molar-refractivity contribution < 1.29 is 37.3 Å². The van der Waals surface area contributed by atoms with E-state index in [1.54, 1.807) is 6.26 Å². The first kappa shape index (κ1) is 55.6. The largest absolute Gasteiger partial charge is 0.756 e. The predicted molar refractivity (Wildman–Crippen MR) is 240 cm³/mol. The van der Waals surface area contributed by atoms with E-state index in [9.17, 15) is 14.3 Å². The zero-order chi connectivity index (χ0) is 42.0. The zero-order valence-corrected chi connectivity index (χ0v) is 38.9. The first-order chi connectivity index (χ1) is 27.6. The van der Waals surface area contributed by atoms with Crippen LogP contribution in [0, 0.1) is 0 Å². The van der Waals surface area contributed by atoms with Gasteiger partial charge in [-0.05, 0) is 57.4 Å². The SMILES string of the molecule is CCCCC/C=C\C/C=C\CCCCCCCCCCCC(=O)OCC(COP(=O)([O-])OCC[N+](C)(C)C)O/C=C\CCCCCCCCCCCCCCCC. The number of hydrogen-bond acceptors (Lipinski definition) is 7. The van der Waals surface area contributed by atoms with Crippen LogP contribution in [-0.2, 0) is 27.9 Å². The summed E-state index contributed by atoms with van der Waals surface area (Å²) in [5.41, 5.74) is 0. The van der Waals surface area contributed by atoms with Gasteiger partial charge in [0.15, 0.2) is 6.10 Å². The quantitative estimate of drug-likeness (QED) is 0.0151. The molecule has 2 atom stereocenters. The molecule has 0 fully saturated rings. The summed E-state index contributed by atoms with van der Waals surface area (Å²) in [6.07, 6.45) is 49.7. The number of ether oxygens (including phenoxy) is 2. The molecule has 0 spiro atoms. The molecule has 0 radical (unpaired) electrons. The number of unbranched alkanes of at least 4 members (excludes halogenated alkanes) is 26. The Hall–Kier alpha value is -1.44. The van der Waals surface area contributed by atoms with Crippen molar-refractivity contribution in [1.29, 1.82) is 0 Å². The molecule has 0 bridgehead atoms. The number of hydrogen-bond donors (Lipinski definition) is 0. The summed E-state index contributed by atoms with van der Waals surface area (Å²) >= 11 is 0. The number of esters is 1. The summed E-state index contributed by atoms with van der Waals surface area (Å²) < 4.78 is 34.4. The van der Waals surface area contributed by atoms with Gasteiger partial charge < -0.3 is 27.9 Å². The van der Waals surface area contributed by atoms with E-state index in [2.05, 4.69) is 38.2 Å². The fraction of sp³-hybridized carbons (Fsp3) is 0.854. The van der Waals surface area contributed by atoms with Crippen LogP contribution in [0.25, 0.3) is 0 Å². The average Bonchev–Trinajstić information content (AvgIpc) is 3.17. The van der Waals surface area contributed by atoms with Crippen molar-refractivity contribution in [3.8, 4) is 0 Å². The highest BCUT2D eigenvalue weighted by Gasteiger charge is 2.19. The van der Waals surface area contributed by atoms with Crippen molar-refractivity contribution >= 4 is 13.8 Å². The van der Waals surface area contributed by atoms with Gasteiger partial charge in [0.25, 0.3) is 7.82 Å². The van der Waals surface area contributed by atoms with Gasteiger partial charge in [-0.3, -0.25) is 9.36 Å². The Bertz CT molecular complexity index is 1010. The molecule has 0 saturated carbocycles. The van der Waals surface area contributed by atoms with Crippen LogP contribution in [0.2, 0.25) is 0 Å². The van der Waals surface area contributed by atoms with Crippen LogP contribution in [0.15, 0.2) is 36.6 Å². The van der Waals surface area contributed by atoms with Gasteiger partial charge in [0.2, 0.25) is 0 Å². The van der Waals surface area contributed by atoms with Gasteiger partial charge in [-0.25, -0.2) is 0 Å². The minimum absolute atomic E-state index is 0.0272. The molecular formula is C48H92NO7P. The third kappa shape index (κ3) is 45.5. The fourth-order valence-electron chi connectivity index (χ4n) is 6.50. The lowest BCUT2D eigenvalue weighted by Gasteiger charge is -2.28. The molecule has 2 unspecified atom stereocenters. The monoisotopic (exact) mass is 826 g/mol. The lowest BCUT2D eigenvalue weighted by molar-refractivity contribution is -0.870. The molecule has 57 heavy (non-hydrogen) atoms. The third-order valence-electron chi connectivity index (χ3n) is 10.3. The first-order valence-electron chi connectivity index (χ1n) is 23.8. The number of quaternary nitrogens is 1. The van der Waals surface area contributed by atoms with Gasteiger partial charge in [0, 0.05) is 6.42 Å². The van der Waals surface area contributed by atoms with Gasteiger partial charge in [-0.15, -0.1) is 0 Å². The van der Waals surface area contributed by atoms with E-state index in [0.717, 1.165) is 38.5 Å². The molecule has 0 rings (SSSR count). The number of rotatable bonds is 44. The summed E-state index contributed by atoms with van der Waals surface area (Å²) in [6, 6.07) is 0. The number of nitrogens with zero attached hydrogens (tertiary/aromatic N) is 1. The Kier molecular flexibility index (Phi) is 40.3. The Morgan fingerprint density at radius 3 is 1.47 bits per heavy atom. The molecule has 0 aromatic rings. The highest BCUT2D eigenvalue weighted by Crippen LogP contribution is 2.38. The van der Waals surface area contributed by atoms with Gasteiger partial charge >= 0.3 is 5.97 Å². The highest BCUT2D eigenvalue weighted by atomic mass is 31.2. The van der Waals surface area contributed by atoms with Crippen molar-refractivity contribution in [1.82, 2.24) is 0 Å². The number of phosphoric acid groups is 1. The zero-order valence-electron chi connectivity index (χ0n) is 38.0. The maximum absolute atomic E-state index is 12.5. The van der Waals surface area contributed by atoms with E-state index in [0.29, 0.717) is 17.4 Å². The average molecular weight is 826 g/mol. The van der Waals surface area contributed by atoms with Crippen molar-refractivity contribution in [2.75, 3.05) is 47.5 Å². The van der Waals surface area contributed by atoms with Crippen LogP contribution in [0.1, 0.15) is 213 Å². The van der Waals surface area contributed by atoms with Crippen molar-refractivity contribution in [3.05, 3.63) is 36.6 Å². The van der Waals surface area contributed by atoms with E-state index in [1.807, 2.05) is 27.2 Å². The molecule has 9 heteroatoms. The van der Waals surface area contributed by atoms with Crippen LogP contribution in [0.5, 0.6) is 0 Å². The van der Waals surface area contributed by atoms with E-state index < -0.39 is 13.9 Å². The standard InChI is InChI=1S/C48H92NO7P/c1-6-8-10-12-14-16-18-20-22-24-25-26-27-29-31-33-35-37-39-41-48(50)54-45-47(46-56-57(51,52)55-44-42-49(3,4)5)53-43-40-38-36-34-32-30-28-23-21-19-17-15-13-11-9-7-2/h14,16,20,22,40,43,47H,6-13,15,17-19,21,23-39,41-42,44-46H2,1-5H3/b16-14-,22-20-,43-40-. The third-order valence-corrected chi connectivity index (χ3v) is 11.2. The summed E-state index contributed by atoms with van der Waals surface area (Å²) in [4.78, 5) is 24.9. The number of carbonyl (C=O) groups excluding carboxylic acids is 1. The number of carbonyl (C=O) groups is 1. The number of allylic oxidation sites excluding steroid dienone is 5. The smallest absolute Gasteiger partial charge is 0.305 e. The summed E-state index contributed by atoms with van der Waals surface area (Å²) in [6.45, 7) is 4.70. The molecule has 0 heterocycles. The Morgan fingerprint density at radius 1 is 0.561 bits per heavy atom. The first-order valence-corrected chi connectivity index (χ1v) is 25.2. The molecule has 0 aliphatic rings. The van der Waals surface area contributed by atoms with Crippen LogP contribution in [0.3, 0.4) is 0 Å². The van der Waals surface area contributed by atoms with Crippen LogP contribution in [0.4, 0.5) is 0 Å². The second-order valence-corrected chi connectivity index (χ2v) is 18.6. The molecule has 0 saturated heterocycles. The molecule has 336 valence electrons. The van der Waals surface area contributed by atoms with E-state index in [4.69, 9.17) is 18.5 Å². The molecule has 0 aliphatic carbocycles. The van der Waals surface area contributed by atoms with Crippen LogP contribution >= 0.6 is 7.82 Å². The van der Waals surface area contributed by atoms with E-state index >= 15 is 0 Å². The van der Waals surface area contributed by atoms with Crippen molar-refractivity contribution in [2.45, 2.75) is 219 Å². The Labute approximate surface area is 353 Å². The Balaban J connectivity index is 4.22. The van der Waals surface area contributed by atoms with Gasteiger partial charge in [0.1, 0.15) is 19.8 Å². The summed E-state index contributed by atoms with van der Waals surface area (Å²) in [7, 11) is 1.36. The molecule has 0 aliphatic heterocycles. The number of phosphoric ester groups is 1. The summed E-state index contributed by atoms with van der Waals surface area (Å²) in [5.74, 6) is -0.295. The molecule has 0 amide bonds. The minimum atomic E-state index is -4.52. The Morgan fingerprint density at radius 2 is 0.982 bits per heavy atom. The molecular weight excluding hydrogens is 734 g/mol. The summed E-state index contributed by atoms with van der Waals surface area (Å²) in [5, 5.41) is 0. The lowest BCUT2D eigenvalue weighted by Crippen LogP contribution is -2.37. The molecule has 0 N–H and O–H groups in total. The second-order valence-electron chi connectivity index (χ2n) is 17.2. The number of likely N-dealkylation sites (N-methyl/N-ethyl adjacent to an activating group) is 1. The van der Waals surface area contributed by atoms with Crippen LogP contribution < -0.4 is 4.89 Å². The van der Waals surface area contributed by atoms with Gasteiger partial charge in [-0.2, -0.15) is 0 Å². The predicted octanol–water partition coefficient (Wildman–Crippen LogP) is 13.9. The van der Waals surface area contributed by atoms with Crippen molar-refractivity contribution in [2.24, 2.45) is 0 Å². The van der Waals surface area contributed by atoms with E-state index in [1.165, 1.54) is 154 Å². The minimum Gasteiger partial charge on any atom is -0.756 e. The van der Waals surface area contributed by atoms with Crippen molar-refractivity contribution in [3.63, 3.8) is 0 Å². The molecule has 0 aromatic heterocycles. The highest BCUT2D eigenvalue weighted by molar-refractivity contribution is 7.45. The maximum Gasteiger partial charge on any atom is 0.305 e. The normalized spacial score (nSPS) is 13.9.